The maximum Gasteiger partial charge on any atom is 0.243 e. The number of hydrogen-bond acceptors (Lipinski definition) is 3. The molecule has 7 heteroatoms. The maximum atomic E-state index is 14.4. The van der Waals surface area contributed by atoms with Gasteiger partial charge in [-0.3, -0.25) is 9.69 Å². The van der Waals surface area contributed by atoms with Gasteiger partial charge in [-0.15, -0.1) is 0 Å². The summed E-state index contributed by atoms with van der Waals surface area (Å²) in [7, 11) is 0. The fraction of sp³-hybridized carbons (Fsp3) is 0.150. The zero-order chi connectivity index (χ0) is 19.3. The molecule has 0 radical (unpaired) electrons. The van der Waals surface area contributed by atoms with E-state index in [9.17, 15) is 9.18 Å². The van der Waals surface area contributed by atoms with Gasteiger partial charge >= 0.3 is 0 Å². The molecule has 4 nitrogen and oxygen atoms in total. The van der Waals surface area contributed by atoms with Gasteiger partial charge in [-0.25, -0.2) is 9.37 Å². The summed E-state index contributed by atoms with van der Waals surface area (Å²) in [6.07, 6.45) is 0. The van der Waals surface area contributed by atoms with Gasteiger partial charge in [0.05, 0.1) is 11.1 Å². The Morgan fingerprint density at radius 2 is 1.59 bits per heavy atom. The normalized spacial score (nSPS) is 15.1. The first kappa shape index (κ1) is 17.9. The van der Waals surface area contributed by atoms with Gasteiger partial charge in [0.25, 0.3) is 0 Å². The minimum absolute atomic E-state index is 0.0578. The van der Waals surface area contributed by atoms with E-state index in [1.807, 2.05) is 0 Å². The van der Waals surface area contributed by atoms with Crippen molar-refractivity contribution >= 4 is 40.6 Å². The van der Waals surface area contributed by atoms with Crippen LogP contribution in [0.25, 0.3) is 11.1 Å². The van der Waals surface area contributed by atoms with E-state index in [-0.39, 0.29) is 22.2 Å². The van der Waals surface area contributed by atoms with Crippen molar-refractivity contribution in [3.63, 3.8) is 0 Å². The van der Waals surface area contributed by atoms with Gasteiger partial charge in [-0.2, -0.15) is 4.98 Å². The molecule has 4 rings (SSSR count). The summed E-state index contributed by atoms with van der Waals surface area (Å²) >= 11 is 12.3. The van der Waals surface area contributed by atoms with Gasteiger partial charge in [0.1, 0.15) is 11.0 Å². The molecule has 1 aliphatic rings. The van der Waals surface area contributed by atoms with Crippen LogP contribution in [-0.4, -0.2) is 15.9 Å². The molecule has 0 unspecified atom stereocenters. The Morgan fingerprint density at radius 1 is 0.963 bits per heavy atom. The lowest BCUT2D eigenvalue weighted by Crippen LogP contribution is -2.33. The summed E-state index contributed by atoms with van der Waals surface area (Å²) < 4.78 is 14.4. The second-order valence-corrected chi connectivity index (χ2v) is 7.44. The highest BCUT2D eigenvalue weighted by atomic mass is 35.5. The zero-order valence-electron chi connectivity index (χ0n) is 14.5. The summed E-state index contributed by atoms with van der Waals surface area (Å²) in [5.74, 6) is -0.298. The standard InChI is InChI=1S/C20H14Cl2FN3O/c1-20(2)15-16(21)24-19(22)25-17(15)26(18(20)27)14-10-6-4-8-12(14)11-7-3-5-9-13(11)23/h3-10H,1-2H3. The molecule has 1 amide bonds. The third-order valence-electron chi connectivity index (χ3n) is 4.70. The van der Waals surface area contributed by atoms with Gasteiger partial charge in [-0.05, 0) is 37.6 Å². The summed E-state index contributed by atoms with van der Waals surface area (Å²) in [4.78, 5) is 23.0. The van der Waals surface area contributed by atoms with Crippen molar-refractivity contribution in [3.8, 4) is 11.1 Å². The van der Waals surface area contributed by atoms with Gasteiger partial charge in [-0.1, -0.05) is 48.0 Å². The molecule has 3 aromatic rings. The molecule has 0 bridgehead atoms. The van der Waals surface area contributed by atoms with E-state index in [1.54, 1.807) is 56.3 Å². The Labute approximate surface area is 165 Å². The monoisotopic (exact) mass is 401 g/mol. The number of aromatic nitrogens is 2. The molecule has 1 aromatic heterocycles. The lowest BCUT2D eigenvalue weighted by molar-refractivity contribution is -0.121. The fourth-order valence-electron chi connectivity index (χ4n) is 3.38. The van der Waals surface area contributed by atoms with Gasteiger partial charge in [0.15, 0.2) is 5.82 Å². The molecule has 1 aliphatic heterocycles. The molecular weight excluding hydrogens is 388 g/mol. The Hall–Kier alpha value is -2.50. The largest absolute Gasteiger partial charge is 0.273 e. The van der Waals surface area contributed by atoms with E-state index in [1.165, 1.54) is 11.0 Å². The molecule has 2 heterocycles. The average Bonchev–Trinajstić information content (AvgIpc) is 2.81. The Kier molecular flexibility index (Phi) is 4.17. The molecule has 136 valence electrons. The summed E-state index contributed by atoms with van der Waals surface area (Å²) in [5.41, 5.74) is 1.02. The van der Waals surface area contributed by atoms with Gasteiger partial charge < -0.3 is 0 Å². The van der Waals surface area contributed by atoms with Crippen LogP contribution in [0.2, 0.25) is 10.4 Å². The van der Waals surface area contributed by atoms with E-state index < -0.39 is 5.41 Å². The Balaban J connectivity index is 2.00. The first-order valence-electron chi connectivity index (χ1n) is 8.24. The molecule has 0 fully saturated rings. The highest BCUT2D eigenvalue weighted by Gasteiger charge is 2.48. The SMILES string of the molecule is CC1(C)C(=O)N(c2ccccc2-c2ccccc2F)c2nc(Cl)nc(Cl)c21. The lowest BCUT2D eigenvalue weighted by atomic mass is 9.88. The van der Waals surface area contributed by atoms with Crippen molar-refractivity contribution < 1.29 is 9.18 Å². The average molecular weight is 402 g/mol. The van der Waals surface area contributed by atoms with E-state index >= 15 is 0 Å². The first-order valence-corrected chi connectivity index (χ1v) is 9.00. The van der Waals surface area contributed by atoms with Gasteiger partial charge in [0.2, 0.25) is 11.2 Å². The van der Waals surface area contributed by atoms with Crippen LogP contribution in [0.1, 0.15) is 19.4 Å². The maximum absolute atomic E-state index is 14.4. The Morgan fingerprint density at radius 3 is 2.30 bits per heavy atom. The predicted molar refractivity (Wildman–Crippen MR) is 104 cm³/mol. The molecule has 27 heavy (non-hydrogen) atoms. The molecule has 0 atom stereocenters. The summed E-state index contributed by atoms with van der Waals surface area (Å²) in [5, 5.41) is 0.0758. The number of carbonyl (C=O) groups is 1. The van der Waals surface area contributed by atoms with Crippen LogP contribution in [0.5, 0.6) is 0 Å². The molecule has 0 saturated carbocycles. The number of hydrogen-bond donors (Lipinski definition) is 0. The third kappa shape index (κ3) is 2.69. The number of para-hydroxylation sites is 1. The van der Waals surface area contributed by atoms with E-state index in [0.29, 0.717) is 28.2 Å². The molecule has 0 saturated heterocycles. The highest BCUT2D eigenvalue weighted by molar-refractivity contribution is 6.34. The second kappa shape index (κ2) is 6.29. The minimum Gasteiger partial charge on any atom is -0.273 e. The number of amides is 1. The third-order valence-corrected chi connectivity index (χ3v) is 5.14. The number of benzene rings is 2. The number of halogens is 3. The van der Waals surface area contributed by atoms with Crippen molar-refractivity contribution in [2.45, 2.75) is 19.3 Å². The number of anilines is 2. The minimum atomic E-state index is -0.945. The van der Waals surface area contributed by atoms with Crippen molar-refractivity contribution in [1.82, 2.24) is 9.97 Å². The van der Waals surface area contributed by atoms with Crippen LogP contribution in [0.15, 0.2) is 48.5 Å². The predicted octanol–water partition coefficient (Wildman–Crippen LogP) is 5.55. The number of rotatable bonds is 2. The number of carbonyl (C=O) groups excluding carboxylic acids is 1. The van der Waals surface area contributed by atoms with Crippen molar-refractivity contribution in [2.24, 2.45) is 0 Å². The van der Waals surface area contributed by atoms with Crippen LogP contribution in [0.4, 0.5) is 15.9 Å². The number of nitrogens with zero attached hydrogens (tertiary/aromatic N) is 3. The summed E-state index contributed by atoms with van der Waals surface area (Å²) in [6.45, 7) is 3.51. The van der Waals surface area contributed by atoms with Crippen molar-refractivity contribution in [2.75, 3.05) is 4.90 Å². The van der Waals surface area contributed by atoms with E-state index in [4.69, 9.17) is 23.2 Å². The van der Waals surface area contributed by atoms with E-state index in [0.717, 1.165) is 0 Å². The quantitative estimate of drug-likeness (QED) is 0.417. The molecule has 2 aromatic carbocycles. The van der Waals surface area contributed by atoms with Crippen LogP contribution < -0.4 is 4.90 Å². The van der Waals surface area contributed by atoms with E-state index in [2.05, 4.69) is 9.97 Å². The summed E-state index contributed by atoms with van der Waals surface area (Å²) in [6, 6.07) is 13.5. The zero-order valence-corrected chi connectivity index (χ0v) is 16.0. The van der Waals surface area contributed by atoms with Crippen LogP contribution in [-0.2, 0) is 10.2 Å². The molecule has 0 N–H and O–H groups in total. The Bertz CT molecular complexity index is 1080. The fourth-order valence-corrected chi connectivity index (χ4v) is 3.99. The van der Waals surface area contributed by atoms with Gasteiger partial charge in [0, 0.05) is 16.7 Å². The van der Waals surface area contributed by atoms with Crippen molar-refractivity contribution in [3.05, 3.63) is 70.3 Å². The highest BCUT2D eigenvalue weighted by Crippen LogP contribution is 2.49. The molecular formula is C20H14Cl2FN3O. The lowest BCUT2D eigenvalue weighted by Gasteiger charge is -2.22. The van der Waals surface area contributed by atoms with Crippen LogP contribution in [0, 0.1) is 5.82 Å². The molecule has 0 spiro atoms. The number of fused-ring (bicyclic) bond motifs is 1. The topological polar surface area (TPSA) is 46.1 Å². The molecule has 0 aliphatic carbocycles. The van der Waals surface area contributed by atoms with Crippen LogP contribution >= 0.6 is 23.2 Å². The second-order valence-electron chi connectivity index (χ2n) is 6.74. The van der Waals surface area contributed by atoms with Crippen molar-refractivity contribution in [1.29, 1.82) is 0 Å². The van der Waals surface area contributed by atoms with Crippen LogP contribution in [0.3, 0.4) is 0 Å². The first-order chi connectivity index (χ1) is 12.8. The smallest absolute Gasteiger partial charge is 0.243 e.